The van der Waals surface area contributed by atoms with Crippen LogP contribution in [0.4, 0.5) is 28.2 Å². The number of hydrogen-bond acceptors (Lipinski definition) is 6. The van der Waals surface area contributed by atoms with Gasteiger partial charge in [-0.3, -0.25) is 4.79 Å². The van der Waals surface area contributed by atoms with Gasteiger partial charge >= 0.3 is 6.03 Å². The highest BCUT2D eigenvalue weighted by Gasteiger charge is 2.45. The van der Waals surface area contributed by atoms with Crippen LogP contribution in [-0.2, 0) is 14.4 Å². The predicted octanol–water partition coefficient (Wildman–Crippen LogP) is 4.10. The lowest BCUT2D eigenvalue weighted by Gasteiger charge is -2.38. The van der Waals surface area contributed by atoms with Crippen molar-refractivity contribution in [3.8, 4) is 0 Å². The van der Waals surface area contributed by atoms with E-state index in [2.05, 4.69) is 15.6 Å². The zero-order valence-corrected chi connectivity index (χ0v) is 21.3. The number of nitrogens with one attached hydrogen (secondary N) is 2. The molecule has 1 unspecified atom stereocenters. The number of rotatable bonds is 9. The van der Waals surface area contributed by atoms with Crippen molar-refractivity contribution in [1.82, 2.24) is 20.3 Å². The molecule has 210 valence electrons. The highest BCUT2D eigenvalue weighted by atomic mass is 19.3. The summed E-state index contributed by atoms with van der Waals surface area (Å²) >= 11 is 0. The summed E-state index contributed by atoms with van der Waals surface area (Å²) in [6, 6.07) is 0.487. The van der Waals surface area contributed by atoms with Gasteiger partial charge in [0.2, 0.25) is 11.8 Å². The number of aromatic nitrogens is 1. The fourth-order valence-corrected chi connectivity index (χ4v) is 5.24. The maximum atomic E-state index is 14.1. The molecule has 0 bridgehead atoms. The molecule has 1 aromatic rings. The Kier molecular flexibility index (Phi) is 8.46. The number of pyridine rings is 1. The number of hydrogen-bond donors (Lipinski definition) is 2. The molecule has 3 aliphatic rings. The summed E-state index contributed by atoms with van der Waals surface area (Å²) in [5.74, 6) is -6.59. The summed E-state index contributed by atoms with van der Waals surface area (Å²) < 4.78 is 61.1. The van der Waals surface area contributed by atoms with Crippen molar-refractivity contribution in [1.29, 1.82) is 0 Å². The second-order valence-electron chi connectivity index (χ2n) is 9.99. The minimum Gasteiger partial charge on any atom is -0.413 e. The second kappa shape index (κ2) is 11.4. The number of anilines is 1. The number of ether oxygens (including phenoxy) is 1. The Bertz CT molecular complexity index is 1030. The number of halogens is 4. The van der Waals surface area contributed by atoms with E-state index in [9.17, 15) is 27.2 Å². The zero-order chi connectivity index (χ0) is 27.5. The van der Waals surface area contributed by atoms with Gasteiger partial charge in [0.25, 0.3) is 5.92 Å². The molecule has 0 spiro atoms. The van der Waals surface area contributed by atoms with E-state index >= 15 is 0 Å². The van der Waals surface area contributed by atoms with E-state index in [1.165, 1.54) is 25.6 Å². The van der Waals surface area contributed by atoms with Gasteiger partial charge in [-0.2, -0.15) is 0 Å². The van der Waals surface area contributed by atoms with Gasteiger partial charge in [-0.15, -0.1) is 5.06 Å². The minimum atomic E-state index is -3.12. The summed E-state index contributed by atoms with van der Waals surface area (Å²) in [4.78, 5) is 36.8. The van der Waals surface area contributed by atoms with Gasteiger partial charge < -0.3 is 25.1 Å². The Morgan fingerprint density at radius 1 is 1.29 bits per heavy atom. The molecule has 1 aromatic heterocycles. The van der Waals surface area contributed by atoms with Gasteiger partial charge in [0.1, 0.15) is 18.1 Å². The molecule has 1 aliphatic carbocycles. The van der Waals surface area contributed by atoms with Crippen molar-refractivity contribution in [2.75, 3.05) is 32.1 Å². The summed E-state index contributed by atoms with van der Waals surface area (Å²) in [5.41, 5.74) is 0.435. The number of hydroxylamine groups is 2. The first-order valence-corrected chi connectivity index (χ1v) is 12.7. The molecule has 0 radical (unpaired) electrons. The molecule has 3 atom stereocenters. The first kappa shape index (κ1) is 28.1. The highest BCUT2D eigenvalue weighted by molar-refractivity contribution is 5.94. The zero-order valence-electron chi connectivity index (χ0n) is 21.3. The van der Waals surface area contributed by atoms with Gasteiger partial charge in [-0.1, -0.05) is 6.92 Å². The first-order chi connectivity index (χ1) is 18.0. The molecule has 3 amide bonds. The van der Waals surface area contributed by atoms with Gasteiger partial charge in [0.15, 0.2) is 0 Å². The number of urea groups is 1. The minimum absolute atomic E-state index is 0.0642. The molecular formula is C25H33F4N5O4. The van der Waals surface area contributed by atoms with Crippen LogP contribution in [0.25, 0.3) is 0 Å². The van der Waals surface area contributed by atoms with Crippen LogP contribution in [0, 0.1) is 5.92 Å². The maximum absolute atomic E-state index is 14.1. The largest absolute Gasteiger partial charge is 0.413 e. The molecule has 13 heteroatoms. The lowest BCUT2D eigenvalue weighted by molar-refractivity contribution is -0.172. The summed E-state index contributed by atoms with van der Waals surface area (Å²) in [7, 11) is 1.39. The molecule has 4 rings (SSSR count). The summed E-state index contributed by atoms with van der Waals surface area (Å²) in [5, 5.41) is 6.49. The van der Waals surface area contributed by atoms with Crippen LogP contribution in [0.1, 0.15) is 50.6 Å². The van der Waals surface area contributed by atoms with Gasteiger partial charge in [-0.05, 0) is 49.0 Å². The van der Waals surface area contributed by atoms with E-state index in [0.29, 0.717) is 12.0 Å². The predicted molar refractivity (Wildman–Crippen MR) is 129 cm³/mol. The van der Waals surface area contributed by atoms with Crippen molar-refractivity contribution < 1.29 is 36.7 Å². The molecule has 1 saturated carbocycles. The molecule has 38 heavy (non-hydrogen) atoms. The van der Waals surface area contributed by atoms with Crippen LogP contribution in [0.3, 0.4) is 0 Å². The third-order valence-electron chi connectivity index (χ3n) is 7.26. The van der Waals surface area contributed by atoms with E-state index in [1.54, 1.807) is 11.1 Å². The molecule has 2 fully saturated rings. The molecule has 9 nitrogen and oxygen atoms in total. The quantitative estimate of drug-likeness (QED) is 0.456. The Balaban J connectivity index is 1.56. The van der Waals surface area contributed by atoms with E-state index in [-0.39, 0.29) is 50.1 Å². The van der Waals surface area contributed by atoms with Gasteiger partial charge in [-0.25, -0.2) is 27.3 Å². The SMILES string of the molecule is CCC1C=CON1[C@H](C(=O)Nc1cc([C@@H](COC)N2CC(F)(F)CNC2=O)ccn1)C1CCC(F)(F)CC1. The molecule has 2 aliphatic heterocycles. The van der Waals surface area contributed by atoms with Crippen molar-refractivity contribution in [2.45, 2.75) is 69.0 Å². The van der Waals surface area contributed by atoms with E-state index < -0.39 is 49.0 Å². The lowest BCUT2D eigenvalue weighted by Crippen LogP contribution is -2.58. The number of carbonyl (C=O) groups is 2. The number of alkyl halides is 4. The molecule has 2 N–H and O–H groups in total. The normalized spacial score (nSPS) is 24.9. The Morgan fingerprint density at radius 2 is 2.03 bits per heavy atom. The molecule has 1 saturated heterocycles. The monoisotopic (exact) mass is 543 g/mol. The lowest BCUT2D eigenvalue weighted by atomic mass is 9.81. The Morgan fingerprint density at radius 3 is 2.71 bits per heavy atom. The summed E-state index contributed by atoms with van der Waals surface area (Å²) in [6.45, 7) is 0.330. The highest BCUT2D eigenvalue weighted by Crippen LogP contribution is 2.40. The van der Waals surface area contributed by atoms with E-state index in [1.807, 2.05) is 13.0 Å². The van der Waals surface area contributed by atoms with Crippen LogP contribution in [-0.4, -0.2) is 77.6 Å². The molecule has 0 aromatic carbocycles. The summed E-state index contributed by atoms with van der Waals surface area (Å²) in [6.07, 6.45) is 5.03. The standard InChI is InChI=1S/C25H33F4N5O4/c1-3-18-7-11-38-34(18)21(16-4-8-24(26,27)9-5-16)22(35)32-20-12-17(6-10-30-20)19(13-37-2)33-15-25(28,29)14-31-23(33)36/h6-7,10-12,16,18-19,21H,3-5,8-9,13-15H2,1-2H3,(H,31,36)(H,30,32,35)/t18?,19-,21+/m1/s1. The van der Waals surface area contributed by atoms with E-state index in [4.69, 9.17) is 9.57 Å². The fraction of sp³-hybridized carbons (Fsp3) is 0.640. The molecule has 3 heterocycles. The number of nitrogens with zero attached hydrogens (tertiary/aromatic N) is 3. The Labute approximate surface area is 218 Å². The van der Waals surface area contributed by atoms with Gasteiger partial charge in [0.05, 0.1) is 31.8 Å². The number of carbonyl (C=O) groups excluding carboxylic acids is 2. The van der Waals surface area contributed by atoms with Crippen molar-refractivity contribution in [3.63, 3.8) is 0 Å². The molecular weight excluding hydrogens is 510 g/mol. The average Bonchev–Trinajstić information content (AvgIpc) is 3.34. The van der Waals surface area contributed by atoms with Crippen molar-refractivity contribution in [2.24, 2.45) is 5.92 Å². The third kappa shape index (κ3) is 6.37. The third-order valence-corrected chi connectivity index (χ3v) is 7.26. The topological polar surface area (TPSA) is 96.0 Å². The van der Waals surface area contributed by atoms with Crippen LogP contribution in [0.2, 0.25) is 0 Å². The van der Waals surface area contributed by atoms with Crippen LogP contribution in [0.5, 0.6) is 0 Å². The first-order valence-electron chi connectivity index (χ1n) is 12.7. The fourth-order valence-electron chi connectivity index (χ4n) is 5.24. The number of amides is 3. The van der Waals surface area contributed by atoms with Gasteiger partial charge in [0, 0.05) is 26.1 Å². The average molecular weight is 544 g/mol. The van der Waals surface area contributed by atoms with Crippen LogP contribution in [0.15, 0.2) is 30.7 Å². The Hall–Kier alpha value is -2.93. The van der Waals surface area contributed by atoms with Crippen molar-refractivity contribution in [3.05, 3.63) is 36.2 Å². The maximum Gasteiger partial charge on any atom is 0.318 e. The van der Waals surface area contributed by atoms with Crippen molar-refractivity contribution >= 4 is 17.8 Å². The smallest absolute Gasteiger partial charge is 0.318 e. The van der Waals surface area contributed by atoms with Crippen LogP contribution < -0.4 is 10.6 Å². The number of methoxy groups -OCH3 is 1. The second-order valence-corrected chi connectivity index (χ2v) is 9.99. The van der Waals surface area contributed by atoms with E-state index in [0.717, 1.165) is 4.90 Å². The van der Waals surface area contributed by atoms with Crippen LogP contribution >= 0.6 is 0 Å².